The second-order valence-corrected chi connectivity index (χ2v) is 6.36. The number of amides is 1. The Bertz CT molecular complexity index is 368. The fraction of sp³-hybridized carbons (Fsp3) is 0.917. The Hall–Kier alpha value is -0.910. The van der Waals surface area contributed by atoms with Gasteiger partial charge in [-0.05, 0) is 27.2 Å². The van der Waals surface area contributed by atoms with Gasteiger partial charge in [-0.15, -0.1) is 0 Å². The molecule has 104 valence electrons. The molecule has 1 aliphatic carbocycles. The summed E-state index contributed by atoms with van der Waals surface area (Å²) in [6, 6.07) is -0.340. The molecule has 2 fully saturated rings. The third-order valence-corrected chi connectivity index (χ3v) is 3.65. The predicted molar refractivity (Wildman–Crippen MR) is 62.4 cm³/mol. The zero-order chi connectivity index (χ0) is 13.8. The molecule has 0 radical (unpaired) electrons. The second-order valence-electron chi connectivity index (χ2n) is 6.36. The number of alkyl halides is 2. The van der Waals surface area contributed by atoms with Crippen LogP contribution in [-0.2, 0) is 4.74 Å². The average Bonchev–Trinajstić information content (AvgIpc) is 2.54. The number of nitrogens with zero attached hydrogens (tertiary/aromatic N) is 1. The van der Waals surface area contributed by atoms with Gasteiger partial charge in [0.2, 0.25) is 0 Å². The van der Waals surface area contributed by atoms with E-state index < -0.39 is 23.0 Å². The highest BCUT2D eigenvalue weighted by atomic mass is 19.3. The zero-order valence-electron chi connectivity index (χ0n) is 11.0. The van der Waals surface area contributed by atoms with Gasteiger partial charge in [-0.2, -0.15) is 0 Å². The fourth-order valence-electron chi connectivity index (χ4n) is 2.60. The lowest BCUT2D eigenvalue weighted by Gasteiger charge is -2.27. The Labute approximate surface area is 105 Å². The Morgan fingerprint density at radius 1 is 1.50 bits per heavy atom. The molecule has 2 aliphatic rings. The van der Waals surface area contributed by atoms with E-state index >= 15 is 0 Å². The molecule has 6 heteroatoms. The number of hydrogen-bond acceptors (Lipinski definition) is 3. The molecule has 1 unspecified atom stereocenters. The van der Waals surface area contributed by atoms with Gasteiger partial charge in [0.15, 0.2) is 0 Å². The minimum absolute atomic E-state index is 0.0524. The summed E-state index contributed by atoms with van der Waals surface area (Å²) in [4.78, 5) is 13.3. The van der Waals surface area contributed by atoms with E-state index in [1.807, 2.05) is 0 Å². The summed E-state index contributed by atoms with van der Waals surface area (Å²) >= 11 is 0. The van der Waals surface area contributed by atoms with Crippen LogP contribution in [0.2, 0.25) is 0 Å². The first kappa shape index (κ1) is 13.5. The molecule has 0 aromatic heterocycles. The Balaban J connectivity index is 2.07. The zero-order valence-corrected chi connectivity index (χ0v) is 11.0. The van der Waals surface area contributed by atoms with Crippen LogP contribution in [0.15, 0.2) is 0 Å². The molecule has 1 saturated heterocycles. The summed E-state index contributed by atoms with van der Waals surface area (Å²) in [7, 11) is 0. The Morgan fingerprint density at radius 3 is 2.44 bits per heavy atom. The van der Waals surface area contributed by atoms with Crippen molar-refractivity contribution in [1.29, 1.82) is 0 Å². The third kappa shape index (κ3) is 2.18. The van der Waals surface area contributed by atoms with Gasteiger partial charge in [0, 0.05) is 25.6 Å². The summed E-state index contributed by atoms with van der Waals surface area (Å²) in [6.07, 6.45) is -0.413. The molecular weight excluding hydrogens is 242 g/mol. The number of halogens is 2. The lowest BCUT2D eigenvalue weighted by molar-refractivity contribution is 0.0203. The lowest BCUT2D eigenvalue weighted by atomic mass is 10.0. The monoisotopic (exact) mass is 262 g/mol. The molecule has 0 aromatic carbocycles. The van der Waals surface area contributed by atoms with Gasteiger partial charge in [0.1, 0.15) is 5.60 Å². The third-order valence-electron chi connectivity index (χ3n) is 3.65. The largest absolute Gasteiger partial charge is 0.444 e. The molecule has 2 rings (SSSR count). The first-order chi connectivity index (χ1) is 8.10. The van der Waals surface area contributed by atoms with Crippen LogP contribution in [0.25, 0.3) is 0 Å². The highest BCUT2D eigenvalue weighted by molar-refractivity contribution is 5.69. The van der Waals surface area contributed by atoms with E-state index in [0.29, 0.717) is 0 Å². The highest BCUT2D eigenvalue weighted by Gasteiger charge is 2.74. The molecule has 0 aromatic rings. The van der Waals surface area contributed by atoms with E-state index in [1.165, 1.54) is 4.90 Å². The van der Waals surface area contributed by atoms with Crippen LogP contribution in [0.4, 0.5) is 13.6 Å². The first-order valence-corrected chi connectivity index (χ1v) is 6.18. The maximum atomic E-state index is 13.4. The van der Waals surface area contributed by atoms with Crippen molar-refractivity contribution < 1.29 is 18.3 Å². The van der Waals surface area contributed by atoms with Crippen molar-refractivity contribution in [3.05, 3.63) is 0 Å². The number of carbonyl (C=O) groups is 1. The van der Waals surface area contributed by atoms with Crippen molar-refractivity contribution in [1.82, 2.24) is 4.90 Å². The summed E-state index contributed by atoms with van der Waals surface area (Å²) in [5, 5.41) is 0. The topological polar surface area (TPSA) is 55.6 Å². The number of likely N-dealkylation sites (tertiary alicyclic amines) is 1. The van der Waals surface area contributed by atoms with Crippen LogP contribution in [0.5, 0.6) is 0 Å². The van der Waals surface area contributed by atoms with Crippen LogP contribution >= 0.6 is 0 Å². The van der Waals surface area contributed by atoms with Gasteiger partial charge in [-0.1, -0.05) is 0 Å². The predicted octanol–water partition coefficient (Wildman–Crippen LogP) is 1.98. The molecule has 1 aliphatic heterocycles. The van der Waals surface area contributed by atoms with E-state index in [2.05, 4.69) is 0 Å². The molecular formula is C12H20F2N2O2. The van der Waals surface area contributed by atoms with Crippen LogP contribution in [-0.4, -0.2) is 41.6 Å². The summed E-state index contributed by atoms with van der Waals surface area (Å²) < 4.78 is 31.9. The van der Waals surface area contributed by atoms with Crippen molar-refractivity contribution in [2.24, 2.45) is 11.1 Å². The van der Waals surface area contributed by atoms with Gasteiger partial charge < -0.3 is 15.4 Å². The smallest absolute Gasteiger partial charge is 0.410 e. The number of rotatable bonds is 1. The fourth-order valence-corrected chi connectivity index (χ4v) is 2.60. The molecule has 1 heterocycles. The summed E-state index contributed by atoms with van der Waals surface area (Å²) in [6.45, 7) is 5.49. The first-order valence-electron chi connectivity index (χ1n) is 6.18. The SMILES string of the molecule is CC(C)(C)OC(=O)N1C[C@]2(CC1CN)CC2(F)F. The quantitative estimate of drug-likeness (QED) is 0.786. The van der Waals surface area contributed by atoms with Gasteiger partial charge in [0.05, 0.1) is 5.41 Å². The minimum Gasteiger partial charge on any atom is -0.444 e. The molecule has 4 nitrogen and oxygen atoms in total. The van der Waals surface area contributed by atoms with E-state index in [4.69, 9.17) is 10.5 Å². The summed E-state index contributed by atoms with van der Waals surface area (Å²) in [5.41, 5.74) is 3.89. The van der Waals surface area contributed by atoms with Crippen molar-refractivity contribution >= 4 is 6.09 Å². The highest BCUT2D eigenvalue weighted by Crippen LogP contribution is 2.66. The van der Waals surface area contributed by atoms with Gasteiger partial charge in [-0.25, -0.2) is 13.6 Å². The van der Waals surface area contributed by atoms with E-state index in [9.17, 15) is 13.6 Å². The number of ether oxygens (including phenoxy) is 1. The van der Waals surface area contributed by atoms with E-state index in [0.717, 1.165) is 0 Å². The van der Waals surface area contributed by atoms with Gasteiger partial charge in [0.25, 0.3) is 5.92 Å². The molecule has 2 atom stereocenters. The van der Waals surface area contributed by atoms with Crippen LogP contribution in [0.1, 0.15) is 33.6 Å². The minimum atomic E-state index is -2.66. The van der Waals surface area contributed by atoms with Gasteiger partial charge >= 0.3 is 6.09 Å². The van der Waals surface area contributed by atoms with Crippen molar-refractivity contribution in [3.8, 4) is 0 Å². The van der Waals surface area contributed by atoms with E-state index in [-0.39, 0.29) is 32.0 Å². The number of hydrogen-bond donors (Lipinski definition) is 1. The van der Waals surface area contributed by atoms with Crippen LogP contribution < -0.4 is 5.73 Å². The van der Waals surface area contributed by atoms with E-state index in [1.54, 1.807) is 20.8 Å². The lowest BCUT2D eigenvalue weighted by Crippen LogP contribution is -2.43. The Kier molecular flexibility index (Phi) is 2.85. The molecule has 1 saturated carbocycles. The maximum absolute atomic E-state index is 13.4. The molecule has 0 bridgehead atoms. The Morgan fingerprint density at radius 2 is 2.06 bits per heavy atom. The van der Waals surface area contributed by atoms with Crippen LogP contribution in [0.3, 0.4) is 0 Å². The van der Waals surface area contributed by atoms with Crippen molar-refractivity contribution in [2.45, 2.75) is 51.2 Å². The number of carbonyl (C=O) groups excluding carboxylic acids is 1. The second kappa shape index (κ2) is 3.79. The molecule has 2 N–H and O–H groups in total. The standard InChI is InChI=1S/C12H20F2N2O2/c1-10(2,3)18-9(17)16-7-11(4-8(16)5-15)6-12(11,13)14/h8H,4-7,15H2,1-3H3/t8?,11-/m0/s1. The van der Waals surface area contributed by atoms with Crippen molar-refractivity contribution in [2.75, 3.05) is 13.1 Å². The molecule has 1 amide bonds. The number of nitrogens with two attached hydrogens (primary N) is 1. The molecule has 18 heavy (non-hydrogen) atoms. The maximum Gasteiger partial charge on any atom is 0.410 e. The molecule has 1 spiro atoms. The average molecular weight is 262 g/mol. The van der Waals surface area contributed by atoms with Gasteiger partial charge in [-0.3, -0.25) is 0 Å². The van der Waals surface area contributed by atoms with Crippen molar-refractivity contribution in [3.63, 3.8) is 0 Å². The summed E-state index contributed by atoms with van der Waals surface area (Å²) in [5.74, 6) is -2.66. The normalized spacial score (nSPS) is 33.9. The van der Waals surface area contributed by atoms with Crippen LogP contribution in [0, 0.1) is 5.41 Å².